The molecule has 0 N–H and O–H groups in total. The Labute approximate surface area is 120 Å². The third-order valence-corrected chi connectivity index (χ3v) is 3.30. The number of hydrogen-bond donors (Lipinski definition) is 0. The molecule has 0 spiro atoms. The monoisotopic (exact) mass is 298 g/mol. The highest BCUT2D eigenvalue weighted by molar-refractivity contribution is 6.20. The Kier molecular flexibility index (Phi) is 4.49. The fourth-order valence-corrected chi connectivity index (χ4v) is 2.14. The lowest BCUT2D eigenvalue weighted by Gasteiger charge is -2.12. The van der Waals surface area contributed by atoms with Gasteiger partial charge in [0.15, 0.2) is 0 Å². The van der Waals surface area contributed by atoms with E-state index in [1.54, 1.807) is 13.0 Å². The van der Waals surface area contributed by atoms with Gasteiger partial charge in [-0.05, 0) is 18.6 Å². The van der Waals surface area contributed by atoms with Crippen LogP contribution in [0.5, 0.6) is 5.88 Å². The summed E-state index contributed by atoms with van der Waals surface area (Å²) < 4.78 is 32.0. The minimum absolute atomic E-state index is 0.253. The number of ether oxygens (including phenoxy) is 1. The largest absolute Gasteiger partial charge is 0.481 e. The summed E-state index contributed by atoms with van der Waals surface area (Å²) in [6.07, 6.45) is 1.65. The first-order valence-corrected chi connectivity index (χ1v) is 6.39. The molecule has 0 radical (unpaired) electrons. The van der Waals surface area contributed by atoms with Gasteiger partial charge in [-0.15, -0.1) is 11.6 Å². The molecule has 0 saturated carbocycles. The molecular weight excluding hydrogens is 286 g/mol. The van der Waals surface area contributed by atoms with Gasteiger partial charge in [-0.1, -0.05) is 0 Å². The standard InChI is InChI=1S/C14H13ClF2N2O/c1-8-3-10(13(17)6-12(8)16)11(15)4-9-5-14(20-2)19-7-18-9/h3,5-7,11H,4H2,1-2H3. The van der Waals surface area contributed by atoms with E-state index >= 15 is 0 Å². The van der Waals surface area contributed by atoms with Gasteiger partial charge in [-0.2, -0.15) is 0 Å². The second-order valence-corrected chi connectivity index (χ2v) is 4.87. The summed E-state index contributed by atoms with van der Waals surface area (Å²) in [5, 5.41) is -0.645. The lowest BCUT2D eigenvalue weighted by Crippen LogP contribution is -2.03. The molecule has 3 nitrogen and oxygen atoms in total. The maximum atomic E-state index is 13.7. The van der Waals surface area contributed by atoms with Crippen molar-refractivity contribution in [1.82, 2.24) is 9.97 Å². The number of rotatable bonds is 4. The normalized spacial score (nSPS) is 12.2. The third kappa shape index (κ3) is 3.22. The van der Waals surface area contributed by atoms with Crippen molar-refractivity contribution in [3.8, 4) is 5.88 Å². The minimum atomic E-state index is -0.658. The number of alkyl halides is 1. The fraction of sp³-hybridized carbons (Fsp3) is 0.286. The molecule has 0 aliphatic carbocycles. The second-order valence-electron chi connectivity index (χ2n) is 4.35. The van der Waals surface area contributed by atoms with Crippen molar-refractivity contribution in [2.24, 2.45) is 0 Å². The van der Waals surface area contributed by atoms with Gasteiger partial charge in [0, 0.05) is 29.8 Å². The van der Waals surface area contributed by atoms with E-state index in [4.69, 9.17) is 16.3 Å². The number of hydrogen-bond acceptors (Lipinski definition) is 3. The van der Waals surface area contributed by atoms with Crippen molar-refractivity contribution in [3.05, 3.63) is 53.0 Å². The molecule has 1 unspecified atom stereocenters. The van der Waals surface area contributed by atoms with Crippen LogP contribution in [0.2, 0.25) is 0 Å². The van der Waals surface area contributed by atoms with Crippen molar-refractivity contribution in [2.75, 3.05) is 7.11 Å². The van der Waals surface area contributed by atoms with E-state index < -0.39 is 17.0 Å². The van der Waals surface area contributed by atoms with Crippen molar-refractivity contribution in [2.45, 2.75) is 18.7 Å². The molecule has 106 valence electrons. The van der Waals surface area contributed by atoms with Crippen LogP contribution < -0.4 is 4.74 Å². The summed E-state index contributed by atoms with van der Waals surface area (Å²) in [4.78, 5) is 7.93. The molecule has 0 aliphatic heterocycles. The molecule has 0 fully saturated rings. The topological polar surface area (TPSA) is 35.0 Å². The number of benzene rings is 1. The van der Waals surface area contributed by atoms with Crippen LogP contribution in [0.4, 0.5) is 8.78 Å². The maximum absolute atomic E-state index is 13.7. The highest BCUT2D eigenvalue weighted by Gasteiger charge is 2.17. The molecule has 0 saturated heterocycles. The number of methoxy groups -OCH3 is 1. The van der Waals surface area contributed by atoms with Gasteiger partial charge in [0.05, 0.1) is 12.5 Å². The first kappa shape index (κ1) is 14.7. The van der Waals surface area contributed by atoms with E-state index in [2.05, 4.69) is 9.97 Å². The van der Waals surface area contributed by atoms with Gasteiger partial charge in [-0.25, -0.2) is 18.7 Å². The summed E-state index contributed by atoms with van der Waals surface area (Å²) in [6, 6.07) is 3.89. The van der Waals surface area contributed by atoms with Crippen molar-refractivity contribution in [3.63, 3.8) is 0 Å². The van der Waals surface area contributed by atoms with Crippen LogP contribution in [0.1, 0.15) is 22.2 Å². The van der Waals surface area contributed by atoms with E-state index in [1.165, 1.54) is 19.5 Å². The predicted molar refractivity (Wildman–Crippen MR) is 72.0 cm³/mol. The molecule has 1 atom stereocenters. The van der Waals surface area contributed by atoms with Gasteiger partial charge in [0.25, 0.3) is 0 Å². The molecule has 6 heteroatoms. The van der Waals surface area contributed by atoms with Crippen molar-refractivity contribution < 1.29 is 13.5 Å². The Morgan fingerprint density at radius 1 is 1.20 bits per heavy atom. The van der Waals surface area contributed by atoms with Crippen LogP contribution >= 0.6 is 11.6 Å². The summed E-state index contributed by atoms with van der Waals surface area (Å²) in [5.74, 6) is -0.831. The first-order valence-electron chi connectivity index (χ1n) is 5.95. The Hall–Kier alpha value is -1.75. The highest BCUT2D eigenvalue weighted by atomic mass is 35.5. The third-order valence-electron chi connectivity index (χ3n) is 2.91. The highest BCUT2D eigenvalue weighted by Crippen LogP contribution is 2.29. The molecule has 0 aliphatic rings. The molecule has 2 aromatic rings. The fourth-order valence-electron chi connectivity index (χ4n) is 1.81. The van der Waals surface area contributed by atoms with Gasteiger partial charge >= 0.3 is 0 Å². The average molecular weight is 299 g/mol. The quantitative estimate of drug-likeness (QED) is 0.809. The van der Waals surface area contributed by atoms with Gasteiger partial charge in [0.2, 0.25) is 5.88 Å². The second kappa shape index (κ2) is 6.13. The van der Waals surface area contributed by atoms with E-state index in [0.29, 0.717) is 23.6 Å². The molecule has 20 heavy (non-hydrogen) atoms. The Morgan fingerprint density at radius 3 is 2.65 bits per heavy atom. The summed E-state index contributed by atoms with van der Waals surface area (Å²) in [5.41, 5.74) is 1.23. The van der Waals surface area contributed by atoms with Gasteiger partial charge in [0.1, 0.15) is 18.0 Å². The number of aryl methyl sites for hydroxylation is 1. The first-order chi connectivity index (χ1) is 9.51. The Balaban J connectivity index is 2.23. The molecule has 0 bridgehead atoms. The molecule has 1 aromatic heterocycles. The lowest BCUT2D eigenvalue weighted by atomic mass is 10.0. The van der Waals surface area contributed by atoms with E-state index in [9.17, 15) is 8.78 Å². The van der Waals surface area contributed by atoms with Gasteiger partial charge in [-0.3, -0.25) is 0 Å². The molecule has 1 heterocycles. The Morgan fingerprint density at radius 2 is 1.95 bits per heavy atom. The number of nitrogens with zero attached hydrogens (tertiary/aromatic N) is 2. The summed E-state index contributed by atoms with van der Waals surface area (Å²) in [7, 11) is 1.49. The average Bonchev–Trinajstić information content (AvgIpc) is 2.43. The smallest absolute Gasteiger partial charge is 0.216 e. The van der Waals surface area contributed by atoms with E-state index in [-0.39, 0.29) is 5.56 Å². The van der Waals surface area contributed by atoms with Crippen LogP contribution in [0.3, 0.4) is 0 Å². The van der Waals surface area contributed by atoms with Crippen LogP contribution in [0.15, 0.2) is 24.5 Å². The summed E-state index contributed by atoms with van der Waals surface area (Å²) in [6.45, 7) is 1.57. The molecule has 0 amide bonds. The lowest BCUT2D eigenvalue weighted by molar-refractivity contribution is 0.396. The maximum Gasteiger partial charge on any atom is 0.216 e. The van der Waals surface area contributed by atoms with Crippen LogP contribution in [-0.2, 0) is 6.42 Å². The van der Waals surface area contributed by atoms with Crippen LogP contribution in [0.25, 0.3) is 0 Å². The van der Waals surface area contributed by atoms with Crippen molar-refractivity contribution in [1.29, 1.82) is 0 Å². The molecular formula is C14H13ClF2N2O. The van der Waals surface area contributed by atoms with E-state index in [1.807, 2.05) is 0 Å². The van der Waals surface area contributed by atoms with E-state index in [0.717, 1.165) is 6.07 Å². The van der Waals surface area contributed by atoms with Crippen LogP contribution in [0, 0.1) is 18.6 Å². The SMILES string of the molecule is COc1cc(CC(Cl)c2cc(C)c(F)cc2F)ncn1. The zero-order valence-corrected chi connectivity index (χ0v) is 11.8. The van der Waals surface area contributed by atoms with Crippen molar-refractivity contribution >= 4 is 11.6 Å². The number of halogens is 3. The number of aromatic nitrogens is 2. The Bertz CT molecular complexity index is 622. The zero-order valence-electron chi connectivity index (χ0n) is 11.0. The van der Waals surface area contributed by atoms with Crippen LogP contribution in [-0.4, -0.2) is 17.1 Å². The summed E-state index contributed by atoms with van der Waals surface area (Å²) >= 11 is 6.20. The minimum Gasteiger partial charge on any atom is -0.481 e. The molecule has 1 aromatic carbocycles. The molecule has 2 rings (SSSR count). The predicted octanol–water partition coefficient (Wildman–Crippen LogP) is 3.59. The zero-order chi connectivity index (χ0) is 14.7. The van der Waals surface area contributed by atoms with Gasteiger partial charge < -0.3 is 4.74 Å².